The summed E-state index contributed by atoms with van der Waals surface area (Å²) in [5.41, 5.74) is 1.63. The third kappa shape index (κ3) is 1.83. The van der Waals surface area contributed by atoms with Crippen molar-refractivity contribution >= 4 is 17.0 Å². The van der Waals surface area contributed by atoms with Crippen molar-refractivity contribution in [1.82, 2.24) is 15.0 Å². The van der Waals surface area contributed by atoms with E-state index in [2.05, 4.69) is 15.0 Å². The molecule has 5 nitrogen and oxygen atoms in total. The molecular weight excluding hydrogens is 249 g/mol. The minimum atomic E-state index is -1.07. The van der Waals surface area contributed by atoms with Crippen LogP contribution in [0.15, 0.2) is 36.8 Å². The summed E-state index contributed by atoms with van der Waals surface area (Å²) in [6.45, 7) is 0. The Morgan fingerprint density at radius 3 is 2.63 bits per heavy atom. The molecule has 0 amide bonds. The highest BCUT2D eigenvalue weighted by Gasteiger charge is 2.16. The quantitative estimate of drug-likeness (QED) is 0.739. The largest absolute Gasteiger partial charge is 0.478 e. The highest BCUT2D eigenvalue weighted by atomic mass is 19.1. The van der Waals surface area contributed by atoms with E-state index in [4.69, 9.17) is 5.11 Å². The Morgan fingerprint density at radius 1 is 1.21 bits per heavy atom. The molecule has 0 fully saturated rings. The number of aromatic nitrogens is 3. The average molecular weight is 257 g/mol. The zero-order valence-electron chi connectivity index (χ0n) is 9.59. The lowest BCUT2D eigenvalue weighted by Crippen LogP contribution is -1.96. The van der Waals surface area contributed by atoms with Crippen LogP contribution in [-0.2, 0) is 0 Å². The third-order valence-corrected chi connectivity index (χ3v) is 2.82. The Balaban J connectivity index is 2.31. The zero-order chi connectivity index (χ0) is 13.4. The fourth-order valence-electron chi connectivity index (χ4n) is 1.96. The van der Waals surface area contributed by atoms with Crippen molar-refractivity contribution in [3.8, 4) is 11.3 Å². The van der Waals surface area contributed by atoms with Gasteiger partial charge < -0.3 is 10.1 Å². The van der Waals surface area contributed by atoms with Crippen LogP contribution in [0.4, 0.5) is 4.39 Å². The molecule has 2 heterocycles. The van der Waals surface area contributed by atoms with Crippen molar-refractivity contribution in [2.24, 2.45) is 0 Å². The Hall–Kier alpha value is -2.76. The molecule has 19 heavy (non-hydrogen) atoms. The molecule has 0 atom stereocenters. The maximum Gasteiger partial charge on any atom is 0.338 e. The highest BCUT2D eigenvalue weighted by molar-refractivity contribution is 6.07. The summed E-state index contributed by atoms with van der Waals surface area (Å²) in [6.07, 6.45) is 2.71. The number of aromatic amines is 1. The number of carbonyl (C=O) groups is 1. The van der Waals surface area contributed by atoms with Crippen LogP contribution in [0.3, 0.4) is 0 Å². The minimum Gasteiger partial charge on any atom is -0.478 e. The first kappa shape index (κ1) is 11.3. The molecule has 6 heteroatoms. The highest BCUT2D eigenvalue weighted by Crippen LogP contribution is 2.28. The van der Waals surface area contributed by atoms with Crippen LogP contribution in [0, 0.1) is 5.82 Å². The van der Waals surface area contributed by atoms with Gasteiger partial charge in [0.15, 0.2) is 0 Å². The van der Waals surface area contributed by atoms with E-state index in [-0.39, 0.29) is 11.4 Å². The van der Waals surface area contributed by atoms with Crippen LogP contribution in [0.5, 0.6) is 0 Å². The molecule has 0 bridgehead atoms. The number of hydrogen-bond donors (Lipinski definition) is 2. The van der Waals surface area contributed by atoms with E-state index in [0.717, 1.165) is 0 Å². The van der Waals surface area contributed by atoms with Gasteiger partial charge >= 0.3 is 5.97 Å². The standard InChI is InChI=1S/C13H8FN3O2/c14-8-3-1-7(2-4-8)11-10-9(13(18)19)5-15-12(10)17-6-16-11/h1-6H,(H,18,19)(H,15,16,17). The van der Waals surface area contributed by atoms with Gasteiger partial charge in [-0.3, -0.25) is 0 Å². The lowest BCUT2D eigenvalue weighted by molar-refractivity contribution is 0.0699. The molecule has 94 valence electrons. The molecule has 0 aliphatic carbocycles. The number of carboxylic acids is 1. The molecule has 3 aromatic rings. The average Bonchev–Trinajstić information content (AvgIpc) is 2.83. The van der Waals surface area contributed by atoms with Gasteiger partial charge in [-0.25, -0.2) is 19.2 Å². The normalized spacial score (nSPS) is 10.8. The van der Waals surface area contributed by atoms with Crippen LogP contribution < -0.4 is 0 Å². The molecule has 0 saturated heterocycles. The molecule has 1 aromatic carbocycles. The van der Waals surface area contributed by atoms with Gasteiger partial charge in [0.25, 0.3) is 0 Å². The number of benzene rings is 1. The van der Waals surface area contributed by atoms with Crippen LogP contribution in [-0.4, -0.2) is 26.0 Å². The molecule has 0 spiro atoms. The Kier molecular flexibility index (Phi) is 2.49. The molecular formula is C13H8FN3O2. The number of nitrogens with one attached hydrogen (secondary N) is 1. The summed E-state index contributed by atoms with van der Waals surface area (Å²) in [5, 5.41) is 9.57. The maximum absolute atomic E-state index is 12.9. The second-order valence-electron chi connectivity index (χ2n) is 3.96. The van der Waals surface area contributed by atoms with Gasteiger partial charge in [0.2, 0.25) is 0 Å². The summed E-state index contributed by atoms with van der Waals surface area (Å²) >= 11 is 0. The Morgan fingerprint density at radius 2 is 1.95 bits per heavy atom. The summed E-state index contributed by atoms with van der Waals surface area (Å²) in [4.78, 5) is 22.1. The number of carboxylic acid groups (broad SMARTS) is 1. The smallest absolute Gasteiger partial charge is 0.338 e. The number of fused-ring (bicyclic) bond motifs is 1. The minimum absolute atomic E-state index is 0.0925. The van der Waals surface area contributed by atoms with Crippen molar-refractivity contribution in [2.45, 2.75) is 0 Å². The van der Waals surface area contributed by atoms with Crippen molar-refractivity contribution in [1.29, 1.82) is 0 Å². The summed E-state index contributed by atoms with van der Waals surface area (Å²) in [5.74, 6) is -1.43. The first-order chi connectivity index (χ1) is 9.16. The molecule has 0 unspecified atom stereocenters. The van der Waals surface area contributed by atoms with Gasteiger partial charge in [-0.2, -0.15) is 0 Å². The number of aromatic carboxylic acids is 1. The van der Waals surface area contributed by atoms with E-state index in [1.165, 1.54) is 24.7 Å². The first-order valence-corrected chi connectivity index (χ1v) is 5.48. The van der Waals surface area contributed by atoms with E-state index in [0.29, 0.717) is 22.3 Å². The fourth-order valence-corrected chi connectivity index (χ4v) is 1.96. The van der Waals surface area contributed by atoms with Gasteiger partial charge in [-0.15, -0.1) is 0 Å². The summed E-state index contributed by atoms with van der Waals surface area (Å²) < 4.78 is 12.9. The van der Waals surface area contributed by atoms with E-state index in [1.807, 2.05) is 0 Å². The number of halogens is 1. The second-order valence-corrected chi connectivity index (χ2v) is 3.96. The predicted octanol–water partition coefficient (Wildman–Crippen LogP) is 2.46. The van der Waals surface area contributed by atoms with E-state index in [1.54, 1.807) is 12.1 Å². The van der Waals surface area contributed by atoms with Crippen LogP contribution >= 0.6 is 0 Å². The van der Waals surface area contributed by atoms with E-state index >= 15 is 0 Å². The summed E-state index contributed by atoms with van der Waals surface area (Å²) in [7, 11) is 0. The van der Waals surface area contributed by atoms with Crippen molar-refractivity contribution in [3.63, 3.8) is 0 Å². The van der Waals surface area contributed by atoms with Crippen LogP contribution in [0.2, 0.25) is 0 Å². The second kappa shape index (κ2) is 4.16. The SMILES string of the molecule is O=C(O)c1c[nH]c2ncnc(-c3ccc(F)cc3)c12. The lowest BCUT2D eigenvalue weighted by atomic mass is 10.1. The van der Waals surface area contributed by atoms with Gasteiger partial charge in [-0.1, -0.05) is 0 Å². The van der Waals surface area contributed by atoms with Gasteiger partial charge in [0.05, 0.1) is 16.6 Å². The molecule has 2 N–H and O–H groups in total. The first-order valence-electron chi connectivity index (χ1n) is 5.48. The topological polar surface area (TPSA) is 78.9 Å². The Labute approximate surface area is 106 Å². The van der Waals surface area contributed by atoms with E-state index in [9.17, 15) is 9.18 Å². The number of H-pyrrole nitrogens is 1. The van der Waals surface area contributed by atoms with Gasteiger partial charge in [-0.05, 0) is 24.3 Å². The molecule has 0 aliphatic rings. The third-order valence-electron chi connectivity index (χ3n) is 2.82. The van der Waals surface area contributed by atoms with Gasteiger partial charge in [0, 0.05) is 11.8 Å². The monoisotopic (exact) mass is 257 g/mol. The maximum atomic E-state index is 12.9. The Bertz CT molecular complexity index is 765. The number of hydrogen-bond acceptors (Lipinski definition) is 3. The molecule has 0 aliphatic heterocycles. The molecule has 2 aromatic heterocycles. The van der Waals surface area contributed by atoms with E-state index < -0.39 is 5.97 Å². The van der Waals surface area contributed by atoms with Crippen LogP contribution in [0.1, 0.15) is 10.4 Å². The molecule has 0 saturated carbocycles. The lowest BCUT2D eigenvalue weighted by Gasteiger charge is -2.03. The number of rotatable bonds is 2. The fraction of sp³-hybridized carbons (Fsp3) is 0. The van der Waals surface area contributed by atoms with Crippen molar-refractivity contribution < 1.29 is 14.3 Å². The van der Waals surface area contributed by atoms with Crippen molar-refractivity contribution in [3.05, 3.63) is 48.2 Å². The van der Waals surface area contributed by atoms with Crippen LogP contribution in [0.25, 0.3) is 22.3 Å². The number of nitrogens with zero attached hydrogens (tertiary/aromatic N) is 2. The molecule has 3 rings (SSSR count). The molecule has 0 radical (unpaired) electrons. The van der Waals surface area contributed by atoms with Crippen molar-refractivity contribution in [2.75, 3.05) is 0 Å². The van der Waals surface area contributed by atoms with Gasteiger partial charge in [0.1, 0.15) is 17.8 Å². The predicted molar refractivity (Wildman–Crippen MR) is 66.2 cm³/mol. The zero-order valence-corrected chi connectivity index (χ0v) is 9.59. The summed E-state index contributed by atoms with van der Waals surface area (Å²) in [6, 6.07) is 5.71.